The summed E-state index contributed by atoms with van der Waals surface area (Å²) >= 11 is 0. The Morgan fingerprint density at radius 3 is 2.64 bits per heavy atom. The number of carbonyl (C=O) groups is 1. The van der Waals surface area contributed by atoms with E-state index in [1.165, 1.54) is 5.73 Å². The van der Waals surface area contributed by atoms with Gasteiger partial charge in [0, 0.05) is 12.1 Å². The van der Waals surface area contributed by atoms with Crippen LogP contribution in [-0.2, 0) is 0 Å². The van der Waals surface area contributed by atoms with E-state index >= 15 is 0 Å². The quantitative estimate of drug-likeness (QED) is 0.509. The van der Waals surface area contributed by atoms with Gasteiger partial charge in [-0.3, -0.25) is 0 Å². The van der Waals surface area contributed by atoms with Crippen molar-refractivity contribution in [3.05, 3.63) is 12.1 Å². The van der Waals surface area contributed by atoms with Gasteiger partial charge in [-0.05, 0) is 0 Å². The van der Waals surface area contributed by atoms with Crippen LogP contribution in [0.25, 0.3) is 0 Å². The molecule has 0 saturated carbocycles. The largest absolute Gasteiger partial charge is 0.492 e. The summed E-state index contributed by atoms with van der Waals surface area (Å²) in [7, 11) is 0. The molecule has 1 heterocycles. The molecule has 0 unspecified atom stereocenters. The molecule has 0 saturated heterocycles. The van der Waals surface area contributed by atoms with E-state index in [0.717, 1.165) is 12.1 Å². The second-order valence-corrected chi connectivity index (χ2v) is 1.72. The first-order valence-corrected chi connectivity index (χ1v) is 2.65. The summed E-state index contributed by atoms with van der Waals surface area (Å²) in [5.41, 5.74) is 1.40. The lowest BCUT2D eigenvalue weighted by atomic mass is 10.6. The summed E-state index contributed by atoms with van der Waals surface area (Å²) in [6.45, 7) is 0. The number of hydrogen-bond acceptors (Lipinski definition) is 4. The summed E-state index contributed by atoms with van der Waals surface area (Å²) in [6, 6.07) is 2.26. The van der Waals surface area contributed by atoms with Crippen molar-refractivity contribution in [2.45, 2.75) is 0 Å². The average Bonchev–Trinajstić information content (AvgIpc) is 2.35. The van der Waals surface area contributed by atoms with Crippen LogP contribution < -0.4 is 10.6 Å². The Balaban J connectivity index is 2.80. The average molecular weight is 159 g/mol. The maximum Gasteiger partial charge on any atom is 0.429 e. The van der Waals surface area contributed by atoms with Crippen LogP contribution in [0.1, 0.15) is 0 Å². The number of carbonyl (C=O) groups excluding carboxylic acids is 1. The molecule has 0 spiro atoms. The normalized spacial score (nSPS) is 10.4. The maximum absolute atomic E-state index is 10.4. The second-order valence-electron chi connectivity index (χ2n) is 1.72. The van der Waals surface area contributed by atoms with Crippen LogP contribution >= 0.6 is 0 Å². The van der Waals surface area contributed by atoms with E-state index in [-0.39, 0.29) is 0 Å². The van der Waals surface area contributed by atoms with Crippen molar-refractivity contribution in [1.82, 2.24) is 4.73 Å². The van der Waals surface area contributed by atoms with Crippen molar-refractivity contribution < 1.29 is 21.3 Å². The Morgan fingerprint density at radius 1 is 1.64 bits per heavy atom. The molecular formula is C5H6N2O4. The molecule has 60 valence electrons. The van der Waals surface area contributed by atoms with E-state index in [4.69, 9.17) is 11.6 Å². The molecular weight excluding hydrogens is 152 g/mol. The number of amides is 1. The van der Waals surface area contributed by atoms with Gasteiger partial charge in [-0.25, -0.2) is 4.79 Å². The number of nitrogens with zero attached hydrogens (tertiary/aromatic N) is 1. The number of rotatable bonds is 1. The van der Waals surface area contributed by atoms with Gasteiger partial charge in [0.25, 0.3) is 0 Å². The number of aromatic hydroxyl groups is 2. The van der Waals surface area contributed by atoms with Crippen LogP contribution in [0.15, 0.2) is 12.1 Å². The minimum atomic E-state index is -1.11. The first-order chi connectivity index (χ1) is 5.65. The molecule has 0 atom stereocenters. The molecule has 4 N–H and O–H groups in total. The Morgan fingerprint density at radius 2 is 2.18 bits per heavy atom. The summed E-state index contributed by atoms with van der Waals surface area (Å²) < 4.78 is 6.83. The zero-order valence-electron chi connectivity index (χ0n) is 6.31. The van der Waals surface area contributed by atoms with Crippen molar-refractivity contribution in [2.24, 2.45) is 5.73 Å². The van der Waals surface area contributed by atoms with Gasteiger partial charge < -0.3 is 20.8 Å². The van der Waals surface area contributed by atoms with Crippen molar-refractivity contribution in [3.63, 3.8) is 0 Å². The Hall–Kier alpha value is -1.85. The summed E-state index contributed by atoms with van der Waals surface area (Å²) in [5.74, 6) is -0.868. The predicted octanol–water partition coefficient (Wildman–Crippen LogP) is -0.593. The molecule has 6 heteroatoms. The Kier molecular flexibility index (Phi) is 1.29. The molecule has 1 aromatic rings. The van der Waals surface area contributed by atoms with Gasteiger partial charge in [0.15, 0.2) is 1.41 Å². The van der Waals surface area contributed by atoms with Crippen LogP contribution in [0.2, 0.25) is 1.41 Å². The fourth-order valence-electron chi connectivity index (χ4n) is 0.578. The lowest BCUT2D eigenvalue weighted by molar-refractivity contribution is 0.116. The smallest absolute Gasteiger partial charge is 0.429 e. The molecule has 0 fully saturated rings. The molecule has 0 aromatic carbocycles. The highest BCUT2D eigenvalue weighted by molar-refractivity contribution is 5.65. The van der Waals surface area contributed by atoms with Gasteiger partial charge in [-0.1, -0.05) is 0 Å². The van der Waals surface area contributed by atoms with Crippen molar-refractivity contribution >= 4 is 6.09 Å². The van der Waals surface area contributed by atoms with E-state index in [0.29, 0.717) is 4.73 Å². The standard InChI is InChI=1S/C5H6N2O4/c6-5(10)11-7-3(8)1-2-4(7)9/h1-2,8-9H,(H2,6,10)/i/hD. The van der Waals surface area contributed by atoms with Crippen molar-refractivity contribution in [1.29, 1.82) is 0 Å². The molecule has 6 nitrogen and oxygen atoms in total. The van der Waals surface area contributed by atoms with Gasteiger partial charge >= 0.3 is 6.09 Å². The van der Waals surface area contributed by atoms with Crippen LogP contribution in [0.5, 0.6) is 11.8 Å². The third-order valence-electron chi connectivity index (χ3n) is 0.972. The maximum atomic E-state index is 10.4. The van der Waals surface area contributed by atoms with Gasteiger partial charge in [-0.15, -0.1) is 4.73 Å². The molecule has 11 heavy (non-hydrogen) atoms. The number of hydrogen-bond donors (Lipinski definition) is 3. The van der Waals surface area contributed by atoms with Crippen LogP contribution in [-0.4, -0.2) is 21.0 Å². The molecule has 0 radical (unpaired) electrons. The number of nitrogens with two attached hydrogens (primary N) is 1. The van der Waals surface area contributed by atoms with Crippen molar-refractivity contribution in [3.8, 4) is 11.8 Å². The molecule has 0 bridgehead atoms. The Labute approximate surface area is 62.8 Å². The predicted molar refractivity (Wildman–Crippen MR) is 33.9 cm³/mol. The number of aromatic nitrogens is 1. The topological polar surface area (TPSA) is 97.7 Å². The van der Waals surface area contributed by atoms with Gasteiger partial charge in [0.05, 0.1) is 0 Å². The monoisotopic (exact) mass is 159 g/mol. The fraction of sp³-hybridized carbons (Fsp3) is 0. The minimum absolute atomic E-state index is 0.434. The lowest BCUT2D eigenvalue weighted by Gasteiger charge is -2.02. The minimum Gasteiger partial charge on any atom is -0.492 e. The third kappa shape index (κ3) is 1.34. The summed E-state index contributed by atoms with van der Waals surface area (Å²) in [4.78, 5) is 14.7. The fourth-order valence-corrected chi connectivity index (χ4v) is 0.578. The molecule has 0 aliphatic rings. The van der Waals surface area contributed by atoms with E-state index in [1.807, 2.05) is 0 Å². The molecule has 1 aromatic heterocycles. The molecule has 0 aliphatic carbocycles. The third-order valence-corrected chi connectivity index (χ3v) is 0.972. The SMILES string of the molecule is [2H]NC(=O)On1c(O)ccc1O. The lowest BCUT2D eigenvalue weighted by Crippen LogP contribution is -2.24. The van der Waals surface area contributed by atoms with E-state index in [1.54, 1.807) is 0 Å². The molecule has 1 rings (SSSR count). The molecule has 0 aliphatic heterocycles. The summed E-state index contributed by atoms with van der Waals surface area (Å²) in [5, 5.41) is 17.8. The highest BCUT2D eigenvalue weighted by atomic mass is 16.7. The van der Waals surface area contributed by atoms with E-state index < -0.39 is 17.9 Å². The summed E-state index contributed by atoms with van der Waals surface area (Å²) in [6.07, 6.45) is -1.11. The van der Waals surface area contributed by atoms with E-state index in [2.05, 4.69) is 4.84 Å². The molecule has 1 amide bonds. The highest BCUT2D eigenvalue weighted by Gasteiger charge is 2.08. The first kappa shape index (κ1) is 5.90. The van der Waals surface area contributed by atoms with Crippen LogP contribution in [0.3, 0.4) is 0 Å². The van der Waals surface area contributed by atoms with Crippen LogP contribution in [0.4, 0.5) is 4.79 Å². The van der Waals surface area contributed by atoms with Gasteiger partial charge in [0.1, 0.15) is 0 Å². The number of primary amides is 1. The Bertz CT molecular complexity index is 278. The van der Waals surface area contributed by atoms with Gasteiger partial charge in [-0.2, -0.15) is 0 Å². The first-order valence-electron chi connectivity index (χ1n) is 3.15. The van der Waals surface area contributed by atoms with E-state index in [9.17, 15) is 4.79 Å². The zero-order valence-corrected chi connectivity index (χ0v) is 5.31. The van der Waals surface area contributed by atoms with Crippen LogP contribution in [0, 0.1) is 0 Å². The van der Waals surface area contributed by atoms with Gasteiger partial charge in [0.2, 0.25) is 11.8 Å². The van der Waals surface area contributed by atoms with Crippen molar-refractivity contribution in [2.75, 3.05) is 0 Å². The zero-order chi connectivity index (χ0) is 9.14. The second kappa shape index (κ2) is 2.41. The highest BCUT2D eigenvalue weighted by Crippen LogP contribution is 2.18.